The summed E-state index contributed by atoms with van der Waals surface area (Å²) >= 11 is 0. The van der Waals surface area contributed by atoms with Crippen molar-refractivity contribution in [3.05, 3.63) is 0 Å². The van der Waals surface area contributed by atoms with Gasteiger partial charge in [0.2, 0.25) is 0 Å². The molecule has 0 radical (unpaired) electrons. The van der Waals surface area contributed by atoms with Gasteiger partial charge in [-0.05, 0) is 55.4 Å². The summed E-state index contributed by atoms with van der Waals surface area (Å²) in [5.74, 6) is 2.53. The largest absolute Gasteiger partial charge is 0.313 e. The Hall–Kier alpha value is -0.0400. The van der Waals surface area contributed by atoms with Crippen LogP contribution in [0.5, 0.6) is 0 Å². The van der Waals surface area contributed by atoms with Crippen molar-refractivity contribution in [2.24, 2.45) is 23.2 Å². The predicted molar refractivity (Wildman–Crippen MR) is 77.2 cm³/mol. The van der Waals surface area contributed by atoms with E-state index in [1.54, 1.807) is 0 Å². The van der Waals surface area contributed by atoms with Gasteiger partial charge in [-0.25, -0.2) is 0 Å². The highest BCUT2D eigenvalue weighted by atomic mass is 14.9. The number of hydrogen-bond donors (Lipinski definition) is 1. The van der Waals surface area contributed by atoms with Gasteiger partial charge in [-0.15, -0.1) is 0 Å². The van der Waals surface area contributed by atoms with Crippen LogP contribution in [0.1, 0.15) is 67.2 Å². The molecule has 1 aliphatic rings. The lowest BCUT2D eigenvalue weighted by Crippen LogP contribution is -2.45. The molecule has 0 aromatic rings. The lowest BCUT2D eigenvalue weighted by atomic mass is 9.65. The Morgan fingerprint density at radius 2 is 1.88 bits per heavy atom. The van der Waals surface area contributed by atoms with E-state index >= 15 is 0 Å². The number of nitrogens with one attached hydrogen (secondary N) is 1. The molecule has 1 heteroatoms. The first-order valence-corrected chi connectivity index (χ1v) is 7.59. The van der Waals surface area contributed by atoms with E-state index in [4.69, 9.17) is 0 Å². The van der Waals surface area contributed by atoms with Gasteiger partial charge in [0.15, 0.2) is 0 Å². The zero-order valence-electron chi connectivity index (χ0n) is 12.8. The van der Waals surface area contributed by atoms with E-state index in [1.165, 1.54) is 32.2 Å². The second-order valence-corrected chi connectivity index (χ2v) is 7.40. The predicted octanol–water partition coefficient (Wildman–Crippen LogP) is 4.47. The van der Waals surface area contributed by atoms with E-state index in [2.05, 4.69) is 46.9 Å². The fourth-order valence-electron chi connectivity index (χ4n) is 3.95. The Kier molecular flexibility index (Phi) is 5.50. The van der Waals surface area contributed by atoms with Crippen molar-refractivity contribution in [3.8, 4) is 0 Å². The lowest BCUT2D eigenvalue weighted by Gasteiger charge is -2.43. The molecule has 102 valence electrons. The second-order valence-electron chi connectivity index (χ2n) is 7.40. The molecule has 3 atom stereocenters. The van der Waals surface area contributed by atoms with Gasteiger partial charge in [0.1, 0.15) is 0 Å². The molecular formula is C16H33N. The molecule has 1 aliphatic carbocycles. The monoisotopic (exact) mass is 239 g/mol. The molecule has 1 rings (SSSR count). The lowest BCUT2D eigenvalue weighted by molar-refractivity contribution is 0.0930. The number of rotatable bonds is 5. The van der Waals surface area contributed by atoms with Gasteiger partial charge in [-0.2, -0.15) is 0 Å². The Labute approximate surface area is 109 Å². The zero-order valence-corrected chi connectivity index (χ0v) is 12.8. The van der Waals surface area contributed by atoms with Crippen molar-refractivity contribution in [2.45, 2.75) is 73.3 Å². The summed E-state index contributed by atoms with van der Waals surface area (Å²) in [6, 6.07) is 0.719. The average Bonchev–Trinajstić information content (AvgIpc) is 2.14. The molecule has 0 saturated heterocycles. The molecule has 0 aromatic carbocycles. The van der Waals surface area contributed by atoms with E-state index in [0.29, 0.717) is 5.41 Å². The number of hydrogen-bond acceptors (Lipinski definition) is 1. The summed E-state index contributed by atoms with van der Waals surface area (Å²) < 4.78 is 0. The molecule has 1 N–H and O–H groups in total. The highest BCUT2D eigenvalue weighted by Gasteiger charge is 2.36. The van der Waals surface area contributed by atoms with Gasteiger partial charge < -0.3 is 5.32 Å². The minimum absolute atomic E-state index is 0.545. The second kappa shape index (κ2) is 6.22. The van der Waals surface area contributed by atoms with Crippen molar-refractivity contribution in [1.82, 2.24) is 5.32 Å². The smallest absolute Gasteiger partial charge is 0.0119 e. The van der Waals surface area contributed by atoms with Crippen LogP contribution in [0.2, 0.25) is 0 Å². The zero-order chi connectivity index (χ0) is 13.1. The van der Waals surface area contributed by atoms with Crippen LogP contribution in [0.25, 0.3) is 0 Å². The maximum Gasteiger partial charge on any atom is 0.0119 e. The van der Waals surface area contributed by atoms with Crippen molar-refractivity contribution in [1.29, 1.82) is 0 Å². The minimum atomic E-state index is 0.545. The van der Waals surface area contributed by atoms with Crippen LogP contribution in [0.4, 0.5) is 0 Å². The third-order valence-electron chi connectivity index (χ3n) is 4.28. The molecule has 0 aliphatic heterocycles. The van der Waals surface area contributed by atoms with Crippen LogP contribution in [0, 0.1) is 23.2 Å². The first-order chi connectivity index (χ1) is 7.85. The van der Waals surface area contributed by atoms with Crippen molar-refractivity contribution >= 4 is 0 Å². The third-order valence-corrected chi connectivity index (χ3v) is 4.28. The van der Waals surface area contributed by atoms with E-state index in [-0.39, 0.29) is 0 Å². The van der Waals surface area contributed by atoms with E-state index in [0.717, 1.165) is 23.8 Å². The Bertz CT molecular complexity index is 220. The van der Waals surface area contributed by atoms with E-state index in [9.17, 15) is 0 Å². The van der Waals surface area contributed by atoms with Crippen LogP contribution >= 0.6 is 0 Å². The minimum Gasteiger partial charge on any atom is -0.313 e. The maximum absolute atomic E-state index is 3.80. The van der Waals surface area contributed by atoms with Gasteiger partial charge >= 0.3 is 0 Å². The average molecular weight is 239 g/mol. The summed E-state index contributed by atoms with van der Waals surface area (Å²) in [4.78, 5) is 0. The van der Waals surface area contributed by atoms with E-state index in [1.807, 2.05) is 0 Å². The van der Waals surface area contributed by atoms with Gasteiger partial charge in [-0.3, -0.25) is 0 Å². The van der Waals surface area contributed by atoms with Gasteiger partial charge in [-0.1, -0.05) is 41.5 Å². The van der Waals surface area contributed by atoms with Crippen molar-refractivity contribution in [2.75, 3.05) is 6.54 Å². The molecule has 0 spiro atoms. The molecule has 3 unspecified atom stereocenters. The molecule has 0 aromatic heterocycles. The van der Waals surface area contributed by atoms with Crippen molar-refractivity contribution in [3.63, 3.8) is 0 Å². The fourth-order valence-corrected chi connectivity index (χ4v) is 3.95. The topological polar surface area (TPSA) is 12.0 Å². The summed E-state index contributed by atoms with van der Waals surface area (Å²) in [5, 5.41) is 3.80. The van der Waals surface area contributed by atoms with Crippen LogP contribution < -0.4 is 5.32 Å². The molecule has 17 heavy (non-hydrogen) atoms. The Morgan fingerprint density at radius 1 is 1.24 bits per heavy atom. The highest BCUT2D eigenvalue weighted by Crippen LogP contribution is 2.43. The summed E-state index contributed by atoms with van der Waals surface area (Å²) in [5.41, 5.74) is 0.545. The SMILES string of the molecule is CCCNC(C(C)C)C1CC(C)CC(C)(C)C1. The van der Waals surface area contributed by atoms with Crippen LogP contribution in [-0.4, -0.2) is 12.6 Å². The van der Waals surface area contributed by atoms with Crippen LogP contribution in [-0.2, 0) is 0 Å². The van der Waals surface area contributed by atoms with Gasteiger partial charge in [0.25, 0.3) is 0 Å². The highest BCUT2D eigenvalue weighted by molar-refractivity contribution is 4.89. The molecule has 1 fully saturated rings. The molecular weight excluding hydrogens is 206 g/mol. The molecule has 1 saturated carbocycles. The Balaban J connectivity index is 2.66. The maximum atomic E-state index is 3.80. The molecule has 1 nitrogen and oxygen atoms in total. The molecule has 0 heterocycles. The van der Waals surface area contributed by atoms with Crippen LogP contribution in [0.3, 0.4) is 0 Å². The molecule has 0 amide bonds. The third kappa shape index (κ3) is 4.62. The molecule has 0 bridgehead atoms. The summed E-state index contributed by atoms with van der Waals surface area (Å²) in [7, 11) is 0. The first-order valence-electron chi connectivity index (χ1n) is 7.59. The standard InChI is InChI=1S/C16H33N/c1-7-8-17-15(12(2)3)14-9-13(4)10-16(5,6)11-14/h12-15,17H,7-11H2,1-6H3. The van der Waals surface area contributed by atoms with Crippen molar-refractivity contribution < 1.29 is 0 Å². The van der Waals surface area contributed by atoms with Gasteiger partial charge in [0.05, 0.1) is 0 Å². The Morgan fingerprint density at radius 3 is 2.35 bits per heavy atom. The summed E-state index contributed by atoms with van der Waals surface area (Å²) in [6.45, 7) is 15.5. The van der Waals surface area contributed by atoms with E-state index < -0.39 is 0 Å². The normalized spacial score (nSPS) is 30.5. The quantitative estimate of drug-likeness (QED) is 0.746. The summed E-state index contributed by atoms with van der Waals surface area (Å²) in [6.07, 6.45) is 5.47. The first kappa shape index (κ1) is 15.0. The van der Waals surface area contributed by atoms with Crippen LogP contribution in [0.15, 0.2) is 0 Å². The fraction of sp³-hybridized carbons (Fsp3) is 1.00. The van der Waals surface area contributed by atoms with Gasteiger partial charge in [0, 0.05) is 6.04 Å².